The normalized spacial score (nSPS) is 13.1. The van der Waals surface area contributed by atoms with Crippen molar-refractivity contribution in [1.82, 2.24) is 8.65 Å². The van der Waals surface area contributed by atoms with E-state index in [1.807, 2.05) is 7.05 Å². The molecule has 0 aliphatic rings. The standard InChI is InChI=1S/C6H16IN2/c1-6(2,3)9(7-4)8-5/h8H,1-5H3/q-1. The van der Waals surface area contributed by atoms with E-state index in [1.165, 1.54) is 0 Å². The number of hydrogen-bond donors (Lipinski definition) is 1. The van der Waals surface area contributed by atoms with Crippen LogP contribution < -0.4 is 26.9 Å². The van der Waals surface area contributed by atoms with Crippen LogP contribution in [0.5, 0.6) is 0 Å². The van der Waals surface area contributed by atoms with E-state index in [-0.39, 0.29) is 27.0 Å². The van der Waals surface area contributed by atoms with Gasteiger partial charge in [0.05, 0.1) is 0 Å². The van der Waals surface area contributed by atoms with Crippen molar-refractivity contribution in [2.45, 2.75) is 26.3 Å². The van der Waals surface area contributed by atoms with Crippen molar-refractivity contribution in [2.24, 2.45) is 0 Å². The summed E-state index contributed by atoms with van der Waals surface area (Å²) in [5.41, 5.74) is 3.46. The molecular formula is C6H16IN2-. The Morgan fingerprint density at radius 1 is 1.33 bits per heavy atom. The van der Waals surface area contributed by atoms with Crippen molar-refractivity contribution in [3.8, 4) is 0 Å². The van der Waals surface area contributed by atoms with Gasteiger partial charge in [-0.1, -0.05) is 0 Å². The number of halogens is 1. The maximum atomic E-state index is 3.17. The zero-order chi connectivity index (χ0) is 7.49. The molecule has 1 N–H and O–H groups in total. The summed E-state index contributed by atoms with van der Waals surface area (Å²) in [5.74, 6) is 0. The number of hydrogen-bond acceptors (Lipinski definition) is 2. The number of nitrogens with zero attached hydrogens (tertiary/aromatic N) is 1. The van der Waals surface area contributed by atoms with Crippen molar-refractivity contribution in [3.63, 3.8) is 0 Å². The summed E-state index contributed by atoms with van der Waals surface area (Å²) < 4.78 is 2.30. The molecule has 0 radical (unpaired) electrons. The van der Waals surface area contributed by atoms with E-state index in [0.29, 0.717) is 0 Å². The molecule has 0 amide bonds. The Bertz CT molecular complexity index is 73.6. The third kappa shape index (κ3) is 3.37. The van der Waals surface area contributed by atoms with E-state index >= 15 is 0 Å². The third-order valence-corrected chi connectivity index (χ3v) is 3.85. The summed E-state index contributed by atoms with van der Waals surface area (Å²) in [4.78, 5) is 2.25. The van der Waals surface area contributed by atoms with E-state index in [1.54, 1.807) is 0 Å². The van der Waals surface area contributed by atoms with Gasteiger partial charge in [-0.25, -0.2) is 0 Å². The first-order valence-electron chi connectivity index (χ1n) is 2.99. The Labute approximate surface area is 68.6 Å². The molecule has 0 bridgehead atoms. The Hall–Kier alpha value is 0.650. The molecule has 0 aromatic rings. The molecule has 3 heteroatoms. The fraction of sp³-hybridized carbons (Fsp3) is 1.00. The van der Waals surface area contributed by atoms with Gasteiger partial charge >= 0.3 is 68.4 Å². The Morgan fingerprint density at radius 3 is 1.78 bits per heavy atom. The third-order valence-electron chi connectivity index (χ3n) is 0.954. The Balaban J connectivity index is 3.79. The van der Waals surface area contributed by atoms with Gasteiger partial charge in [0.25, 0.3) is 0 Å². The van der Waals surface area contributed by atoms with Crippen LogP contribution in [0.25, 0.3) is 0 Å². The molecule has 0 rings (SSSR count). The predicted octanol–water partition coefficient (Wildman–Crippen LogP) is -2.14. The average Bonchev–Trinajstić information content (AvgIpc) is 1.65. The van der Waals surface area contributed by atoms with Crippen molar-refractivity contribution >= 4 is 0 Å². The first-order chi connectivity index (χ1) is 4.02. The second-order valence-corrected chi connectivity index (χ2v) is 4.77. The number of alkyl halides is 1. The Morgan fingerprint density at radius 2 is 1.78 bits per heavy atom. The van der Waals surface area contributed by atoms with Gasteiger partial charge < -0.3 is 0 Å². The quantitative estimate of drug-likeness (QED) is 0.257. The van der Waals surface area contributed by atoms with E-state index in [4.69, 9.17) is 0 Å². The van der Waals surface area contributed by atoms with E-state index < -0.39 is 0 Å². The average molecular weight is 243 g/mol. The van der Waals surface area contributed by atoms with Crippen LogP contribution in [0.15, 0.2) is 0 Å². The van der Waals surface area contributed by atoms with Crippen molar-refractivity contribution < 1.29 is 21.5 Å². The summed E-state index contributed by atoms with van der Waals surface area (Å²) >= 11 is 0.174. The molecule has 0 saturated heterocycles. The second kappa shape index (κ2) is 3.73. The summed E-state index contributed by atoms with van der Waals surface area (Å²) in [6.45, 7) is 6.64. The molecule has 0 saturated carbocycles. The molecule has 0 aliphatic heterocycles. The number of nitrogens with one attached hydrogen (secondary N) is 1. The van der Waals surface area contributed by atoms with Crippen molar-refractivity contribution in [3.05, 3.63) is 0 Å². The molecule has 0 fully saturated rings. The zero-order valence-corrected chi connectivity index (χ0v) is 8.98. The SMILES string of the molecule is CNN([I-]C)C(C)(C)C. The van der Waals surface area contributed by atoms with Crippen LogP contribution in [0, 0.1) is 0 Å². The summed E-state index contributed by atoms with van der Waals surface area (Å²) in [5, 5.41) is 0. The molecule has 58 valence electrons. The van der Waals surface area contributed by atoms with Crippen LogP contribution in [-0.2, 0) is 0 Å². The molecule has 0 aromatic carbocycles. The minimum absolute atomic E-state index is 0.174. The Kier molecular flexibility index (Phi) is 4.00. The molecule has 0 spiro atoms. The van der Waals surface area contributed by atoms with Gasteiger partial charge in [-0.2, -0.15) is 0 Å². The molecule has 2 nitrogen and oxygen atoms in total. The topological polar surface area (TPSA) is 15.3 Å². The fourth-order valence-electron chi connectivity index (χ4n) is 0.673. The zero-order valence-electron chi connectivity index (χ0n) is 6.83. The fourth-order valence-corrected chi connectivity index (χ4v) is 2.60. The summed E-state index contributed by atoms with van der Waals surface area (Å²) in [6.07, 6.45) is 0. The van der Waals surface area contributed by atoms with Crippen LogP contribution >= 0.6 is 0 Å². The van der Waals surface area contributed by atoms with Gasteiger partial charge in [-0.05, 0) is 0 Å². The first kappa shape index (κ1) is 9.65. The van der Waals surface area contributed by atoms with Gasteiger partial charge in [0, 0.05) is 0 Å². The summed E-state index contributed by atoms with van der Waals surface area (Å²) in [6, 6.07) is 0. The van der Waals surface area contributed by atoms with Crippen LogP contribution in [-0.4, -0.2) is 20.7 Å². The van der Waals surface area contributed by atoms with Gasteiger partial charge in [-0.3, -0.25) is 0 Å². The molecule has 0 atom stereocenters. The molecule has 0 unspecified atom stereocenters. The van der Waals surface area contributed by atoms with Gasteiger partial charge in [0.1, 0.15) is 0 Å². The van der Waals surface area contributed by atoms with Crippen molar-refractivity contribution in [2.75, 3.05) is 12.0 Å². The van der Waals surface area contributed by atoms with Gasteiger partial charge in [0.2, 0.25) is 0 Å². The van der Waals surface area contributed by atoms with Crippen LogP contribution in [0.2, 0.25) is 0 Å². The van der Waals surface area contributed by atoms with E-state index in [2.05, 4.69) is 34.3 Å². The van der Waals surface area contributed by atoms with E-state index in [9.17, 15) is 0 Å². The first-order valence-corrected chi connectivity index (χ1v) is 6.12. The molecule has 0 aliphatic carbocycles. The molecule has 0 heterocycles. The summed E-state index contributed by atoms with van der Waals surface area (Å²) in [7, 11) is 1.98. The second-order valence-electron chi connectivity index (χ2n) is 2.84. The minimum atomic E-state index is 0.174. The number of hydrazine groups is 1. The van der Waals surface area contributed by atoms with Gasteiger partial charge in [0.15, 0.2) is 0 Å². The van der Waals surface area contributed by atoms with Crippen LogP contribution in [0.1, 0.15) is 20.8 Å². The molecular weight excluding hydrogens is 227 g/mol. The van der Waals surface area contributed by atoms with Crippen molar-refractivity contribution in [1.29, 1.82) is 0 Å². The number of rotatable bonds is 2. The van der Waals surface area contributed by atoms with E-state index in [0.717, 1.165) is 0 Å². The predicted molar refractivity (Wildman–Crippen MR) is 36.6 cm³/mol. The maximum absolute atomic E-state index is 3.17. The molecule has 9 heavy (non-hydrogen) atoms. The monoisotopic (exact) mass is 243 g/mol. The van der Waals surface area contributed by atoms with Crippen LogP contribution in [0.3, 0.4) is 0 Å². The van der Waals surface area contributed by atoms with Crippen LogP contribution in [0.4, 0.5) is 0 Å². The van der Waals surface area contributed by atoms with Gasteiger partial charge in [-0.15, -0.1) is 0 Å². The molecule has 0 aromatic heterocycles.